The van der Waals surface area contributed by atoms with Gasteiger partial charge in [-0.05, 0) is 29.7 Å². The average molecular weight is 254 g/mol. The molecule has 0 fully saturated rings. The normalized spacial score (nSPS) is 16.4. The fraction of sp³-hybridized carbons (Fsp3) is 0.364. The van der Waals surface area contributed by atoms with Crippen molar-refractivity contribution in [2.24, 2.45) is 0 Å². The van der Waals surface area contributed by atoms with Crippen LogP contribution in [0.4, 0.5) is 0 Å². The summed E-state index contributed by atoms with van der Waals surface area (Å²) < 4.78 is 1.08. The molecule has 0 aromatic heterocycles. The molecule has 1 aromatic carbocycles. The SMILES string of the molecule is CN1Cc2cc(Br)ccc2CCC1=O. The largest absolute Gasteiger partial charge is 0.341 e. The van der Waals surface area contributed by atoms with E-state index in [0.717, 1.165) is 17.4 Å². The van der Waals surface area contributed by atoms with E-state index in [1.807, 2.05) is 13.1 Å². The topological polar surface area (TPSA) is 20.3 Å². The number of benzene rings is 1. The molecule has 0 saturated heterocycles. The van der Waals surface area contributed by atoms with E-state index in [0.29, 0.717) is 6.42 Å². The van der Waals surface area contributed by atoms with E-state index in [-0.39, 0.29) is 5.91 Å². The minimum Gasteiger partial charge on any atom is -0.341 e. The van der Waals surface area contributed by atoms with E-state index in [4.69, 9.17) is 0 Å². The molecule has 1 heterocycles. The van der Waals surface area contributed by atoms with Crippen LogP contribution < -0.4 is 0 Å². The third-order valence-electron chi connectivity index (χ3n) is 2.61. The van der Waals surface area contributed by atoms with Crippen LogP contribution in [0.15, 0.2) is 22.7 Å². The van der Waals surface area contributed by atoms with E-state index in [1.165, 1.54) is 11.1 Å². The smallest absolute Gasteiger partial charge is 0.222 e. The van der Waals surface area contributed by atoms with Crippen molar-refractivity contribution in [3.63, 3.8) is 0 Å². The van der Waals surface area contributed by atoms with Crippen molar-refractivity contribution in [2.75, 3.05) is 7.05 Å². The van der Waals surface area contributed by atoms with Crippen LogP contribution in [0.3, 0.4) is 0 Å². The zero-order valence-corrected chi connectivity index (χ0v) is 9.67. The first-order valence-corrected chi connectivity index (χ1v) is 5.47. The first-order valence-electron chi connectivity index (χ1n) is 4.68. The maximum atomic E-state index is 11.5. The van der Waals surface area contributed by atoms with Gasteiger partial charge in [-0.15, -0.1) is 0 Å². The van der Waals surface area contributed by atoms with E-state index < -0.39 is 0 Å². The van der Waals surface area contributed by atoms with Gasteiger partial charge in [-0.25, -0.2) is 0 Å². The molecule has 2 nitrogen and oxygen atoms in total. The van der Waals surface area contributed by atoms with Crippen LogP contribution >= 0.6 is 15.9 Å². The Morgan fingerprint density at radius 1 is 1.29 bits per heavy atom. The molecule has 0 saturated carbocycles. The molecule has 14 heavy (non-hydrogen) atoms. The summed E-state index contributed by atoms with van der Waals surface area (Å²) in [6.45, 7) is 0.730. The van der Waals surface area contributed by atoms with Crippen LogP contribution in [-0.2, 0) is 17.8 Å². The molecular weight excluding hydrogens is 242 g/mol. The molecule has 1 aliphatic heterocycles. The number of fused-ring (bicyclic) bond motifs is 1. The summed E-state index contributed by atoms with van der Waals surface area (Å²) in [7, 11) is 1.86. The van der Waals surface area contributed by atoms with Crippen LogP contribution in [0.25, 0.3) is 0 Å². The fourth-order valence-corrected chi connectivity index (χ4v) is 2.17. The Balaban J connectivity index is 2.38. The monoisotopic (exact) mass is 253 g/mol. The van der Waals surface area contributed by atoms with Crippen molar-refractivity contribution in [1.29, 1.82) is 0 Å². The van der Waals surface area contributed by atoms with Crippen molar-refractivity contribution in [3.8, 4) is 0 Å². The minimum atomic E-state index is 0.234. The van der Waals surface area contributed by atoms with Gasteiger partial charge in [-0.2, -0.15) is 0 Å². The second-order valence-electron chi connectivity index (χ2n) is 3.66. The van der Waals surface area contributed by atoms with E-state index in [2.05, 4.69) is 28.1 Å². The van der Waals surface area contributed by atoms with Gasteiger partial charge in [0, 0.05) is 24.5 Å². The summed E-state index contributed by atoms with van der Waals surface area (Å²) in [4.78, 5) is 13.3. The Labute approximate surface area is 92.0 Å². The molecule has 0 radical (unpaired) electrons. The summed E-state index contributed by atoms with van der Waals surface area (Å²) in [6.07, 6.45) is 1.50. The van der Waals surface area contributed by atoms with Gasteiger partial charge in [-0.3, -0.25) is 4.79 Å². The van der Waals surface area contributed by atoms with Gasteiger partial charge in [0.1, 0.15) is 0 Å². The van der Waals surface area contributed by atoms with Gasteiger partial charge < -0.3 is 4.90 Å². The van der Waals surface area contributed by atoms with Gasteiger partial charge in [-0.1, -0.05) is 22.0 Å². The number of carbonyl (C=O) groups is 1. The Morgan fingerprint density at radius 3 is 2.86 bits per heavy atom. The van der Waals surface area contributed by atoms with Gasteiger partial charge in [0.2, 0.25) is 5.91 Å². The lowest BCUT2D eigenvalue weighted by atomic mass is 10.0. The second-order valence-corrected chi connectivity index (χ2v) is 4.58. The molecular formula is C11H12BrNO. The Hall–Kier alpha value is -0.830. The second kappa shape index (κ2) is 3.73. The van der Waals surface area contributed by atoms with Crippen LogP contribution in [-0.4, -0.2) is 17.9 Å². The number of carbonyl (C=O) groups excluding carboxylic acids is 1. The number of halogens is 1. The lowest BCUT2D eigenvalue weighted by Gasteiger charge is -2.14. The summed E-state index contributed by atoms with van der Waals surface area (Å²) in [6, 6.07) is 6.24. The molecule has 1 aromatic rings. The van der Waals surface area contributed by atoms with Crippen molar-refractivity contribution in [3.05, 3.63) is 33.8 Å². The number of rotatable bonds is 0. The van der Waals surface area contributed by atoms with Crippen LogP contribution in [0.5, 0.6) is 0 Å². The average Bonchev–Trinajstić information content (AvgIpc) is 2.27. The maximum Gasteiger partial charge on any atom is 0.222 e. The van der Waals surface area contributed by atoms with Crippen LogP contribution in [0, 0.1) is 0 Å². The number of hydrogen-bond donors (Lipinski definition) is 0. The quantitative estimate of drug-likeness (QED) is 0.696. The van der Waals surface area contributed by atoms with E-state index in [1.54, 1.807) is 4.90 Å². The predicted octanol–water partition coefficient (Wildman–Crippen LogP) is 2.35. The molecule has 0 unspecified atom stereocenters. The van der Waals surface area contributed by atoms with Crippen molar-refractivity contribution in [2.45, 2.75) is 19.4 Å². The first-order chi connectivity index (χ1) is 6.66. The molecule has 74 valence electrons. The summed E-state index contributed by atoms with van der Waals surface area (Å²) in [5, 5.41) is 0. The van der Waals surface area contributed by atoms with E-state index in [9.17, 15) is 4.79 Å². The Morgan fingerprint density at radius 2 is 2.07 bits per heavy atom. The molecule has 2 rings (SSSR count). The fourth-order valence-electron chi connectivity index (χ4n) is 1.76. The third-order valence-corrected chi connectivity index (χ3v) is 3.10. The zero-order valence-electron chi connectivity index (χ0n) is 8.09. The number of hydrogen-bond acceptors (Lipinski definition) is 1. The molecule has 0 atom stereocenters. The number of nitrogens with zero attached hydrogens (tertiary/aromatic N) is 1. The van der Waals surface area contributed by atoms with Crippen molar-refractivity contribution < 1.29 is 4.79 Å². The van der Waals surface area contributed by atoms with Gasteiger partial charge in [0.05, 0.1) is 0 Å². The standard InChI is InChI=1S/C11H12BrNO/c1-13-7-9-6-10(12)4-2-8(9)3-5-11(13)14/h2,4,6H,3,5,7H2,1H3. The highest BCUT2D eigenvalue weighted by Crippen LogP contribution is 2.22. The zero-order chi connectivity index (χ0) is 10.1. The van der Waals surface area contributed by atoms with Crippen molar-refractivity contribution >= 4 is 21.8 Å². The number of amides is 1. The molecule has 3 heteroatoms. The minimum absolute atomic E-state index is 0.234. The van der Waals surface area contributed by atoms with Crippen LogP contribution in [0.2, 0.25) is 0 Å². The van der Waals surface area contributed by atoms with Gasteiger partial charge in [0.25, 0.3) is 0 Å². The van der Waals surface area contributed by atoms with E-state index >= 15 is 0 Å². The number of aryl methyl sites for hydroxylation is 1. The molecule has 1 aliphatic rings. The molecule has 1 amide bonds. The highest BCUT2D eigenvalue weighted by Gasteiger charge is 2.16. The third kappa shape index (κ3) is 1.82. The van der Waals surface area contributed by atoms with Crippen molar-refractivity contribution in [1.82, 2.24) is 4.90 Å². The maximum absolute atomic E-state index is 11.5. The Bertz CT molecular complexity index is 376. The van der Waals surface area contributed by atoms with Gasteiger partial charge in [0.15, 0.2) is 0 Å². The van der Waals surface area contributed by atoms with Crippen LogP contribution in [0.1, 0.15) is 17.5 Å². The molecule has 0 aliphatic carbocycles. The summed E-state index contributed by atoms with van der Waals surface area (Å²) >= 11 is 3.45. The Kier molecular flexibility index (Phi) is 2.59. The molecule has 0 bridgehead atoms. The predicted molar refractivity (Wildman–Crippen MR) is 58.9 cm³/mol. The summed E-state index contributed by atoms with van der Waals surface area (Å²) in [5.41, 5.74) is 2.55. The first kappa shape index (κ1) is 9.71. The van der Waals surface area contributed by atoms with Gasteiger partial charge >= 0.3 is 0 Å². The molecule has 0 N–H and O–H groups in total. The lowest BCUT2D eigenvalue weighted by molar-refractivity contribution is -0.130. The molecule has 0 spiro atoms. The lowest BCUT2D eigenvalue weighted by Crippen LogP contribution is -2.24. The highest BCUT2D eigenvalue weighted by molar-refractivity contribution is 9.10. The summed E-state index contributed by atoms with van der Waals surface area (Å²) in [5.74, 6) is 0.234. The highest BCUT2D eigenvalue weighted by atomic mass is 79.9.